The molecule has 0 unspecified atom stereocenters. The van der Waals surface area contributed by atoms with Crippen molar-refractivity contribution in [2.24, 2.45) is 0 Å². The first-order valence-electron chi connectivity index (χ1n) is 6.07. The fraction of sp³-hybridized carbons (Fsp3) is 0.429. The molecule has 0 heterocycles. The average Bonchev–Trinajstić information content (AvgIpc) is 2.87. The monoisotopic (exact) mass is 244 g/mol. The van der Waals surface area contributed by atoms with Gasteiger partial charge >= 0.3 is 0 Å². The van der Waals surface area contributed by atoms with Crippen LogP contribution in [0.5, 0.6) is 5.75 Å². The highest BCUT2D eigenvalue weighted by Gasteiger charge is 2.35. The highest BCUT2D eigenvalue weighted by Crippen LogP contribution is 2.29. The second-order valence-corrected chi connectivity index (χ2v) is 4.56. The number of hydrogen-bond donors (Lipinski definition) is 1. The molecule has 0 radical (unpaired) electrons. The lowest BCUT2D eigenvalue weighted by molar-refractivity contribution is 0.0917. The lowest BCUT2D eigenvalue weighted by atomic mass is 9.99. The Morgan fingerprint density at radius 2 is 2.06 bits per heavy atom. The van der Waals surface area contributed by atoms with Crippen LogP contribution in [0.3, 0.4) is 0 Å². The third-order valence-corrected chi connectivity index (χ3v) is 3.38. The van der Waals surface area contributed by atoms with Gasteiger partial charge in [0.05, 0.1) is 18.7 Å². The average molecular weight is 244 g/mol. The van der Waals surface area contributed by atoms with Crippen molar-refractivity contribution in [3.8, 4) is 11.8 Å². The smallest absolute Gasteiger partial charge is 0.256 e. The predicted octanol–water partition coefficient (Wildman–Crippen LogP) is 2.26. The highest BCUT2D eigenvalue weighted by atomic mass is 16.5. The van der Waals surface area contributed by atoms with Gasteiger partial charge in [0.25, 0.3) is 5.91 Å². The van der Waals surface area contributed by atoms with Crippen molar-refractivity contribution in [3.05, 3.63) is 29.8 Å². The molecule has 1 aromatic rings. The van der Waals surface area contributed by atoms with Crippen molar-refractivity contribution in [2.75, 3.05) is 7.11 Å². The lowest BCUT2D eigenvalue weighted by Crippen LogP contribution is -2.45. The number of carbonyl (C=O) groups excluding carboxylic acids is 1. The van der Waals surface area contributed by atoms with Gasteiger partial charge in [0.1, 0.15) is 11.3 Å². The fourth-order valence-corrected chi connectivity index (χ4v) is 2.36. The van der Waals surface area contributed by atoms with Crippen LogP contribution in [-0.2, 0) is 0 Å². The van der Waals surface area contributed by atoms with Crippen LogP contribution in [-0.4, -0.2) is 18.6 Å². The van der Waals surface area contributed by atoms with E-state index in [9.17, 15) is 10.1 Å². The molecular weight excluding hydrogens is 228 g/mol. The standard InChI is InChI=1S/C14H16N2O2/c1-18-12-7-3-2-6-11(12)13(17)16-14(10-15)8-4-5-9-14/h2-3,6-7H,4-5,8-9H2,1H3,(H,16,17). The first-order chi connectivity index (χ1) is 8.71. The molecule has 1 fully saturated rings. The summed E-state index contributed by atoms with van der Waals surface area (Å²) in [5.74, 6) is 0.289. The summed E-state index contributed by atoms with van der Waals surface area (Å²) < 4.78 is 5.15. The van der Waals surface area contributed by atoms with Crippen molar-refractivity contribution in [2.45, 2.75) is 31.2 Å². The summed E-state index contributed by atoms with van der Waals surface area (Å²) in [4.78, 5) is 12.2. The molecule has 1 aliphatic carbocycles. The molecule has 0 atom stereocenters. The Bertz CT molecular complexity index is 485. The molecule has 0 saturated heterocycles. The minimum absolute atomic E-state index is 0.240. The summed E-state index contributed by atoms with van der Waals surface area (Å²) in [7, 11) is 1.53. The Kier molecular flexibility index (Phi) is 3.52. The molecule has 1 aromatic carbocycles. The number of nitrogens with zero attached hydrogens (tertiary/aromatic N) is 1. The number of ether oxygens (including phenoxy) is 1. The minimum Gasteiger partial charge on any atom is -0.496 e. The maximum Gasteiger partial charge on any atom is 0.256 e. The Balaban J connectivity index is 2.19. The van der Waals surface area contributed by atoms with E-state index in [1.165, 1.54) is 7.11 Å². The number of nitriles is 1. The van der Waals surface area contributed by atoms with E-state index in [0.29, 0.717) is 11.3 Å². The van der Waals surface area contributed by atoms with Gasteiger partial charge < -0.3 is 10.1 Å². The lowest BCUT2D eigenvalue weighted by Gasteiger charge is -2.22. The molecule has 4 nitrogen and oxygen atoms in total. The van der Waals surface area contributed by atoms with Gasteiger partial charge in [-0.2, -0.15) is 5.26 Å². The van der Waals surface area contributed by atoms with Gasteiger partial charge in [-0.3, -0.25) is 4.79 Å². The first-order valence-corrected chi connectivity index (χ1v) is 6.07. The van der Waals surface area contributed by atoms with Gasteiger partial charge in [0, 0.05) is 0 Å². The zero-order chi connectivity index (χ0) is 13.0. The third kappa shape index (κ3) is 2.30. The topological polar surface area (TPSA) is 62.1 Å². The molecule has 1 aliphatic rings. The number of methoxy groups -OCH3 is 1. The van der Waals surface area contributed by atoms with Crippen molar-refractivity contribution >= 4 is 5.91 Å². The van der Waals surface area contributed by atoms with Crippen LogP contribution in [0.1, 0.15) is 36.0 Å². The molecule has 2 rings (SSSR count). The molecule has 0 spiro atoms. The summed E-state index contributed by atoms with van der Waals surface area (Å²) in [6, 6.07) is 9.28. The molecule has 0 aliphatic heterocycles. The second kappa shape index (κ2) is 5.09. The van der Waals surface area contributed by atoms with E-state index in [1.54, 1.807) is 18.2 Å². The van der Waals surface area contributed by atoms with Gasteiger partial charge in [0.15, 0.2) is 0 Å². The first kappa shape index (κ1) is 12.4. The number of hydrogen-bond acceptors (Lipinski definition) is 3. The SMILES string of the molecule is COc1ccccc1C(=O)NC1(C#N)CCCC1. The van der Waals surface area contributed by atoms with Crippen LogP contribution in [0, 0.1) is 11.3 Å². The summed E-state index contributed by atoms with van der Waals surface area (Å²) in [6.45, 7) is 0. The van der Waals surface area contributed by atoms with Gasteiger partial charge in [-0.15, -0.1) is 0 Å². The molecule has 1 saturated carbocycles. The summed E-state index contributed by atoms with van der Waals surface area (Å²) in [5.41, 5.74) is -0.223. The van der Waals surface area contributed by atoms with Crippen molar-refractivity contribution in [1.29, 1.82) is 5.26 Å². The van der Waals surface area contributed by atoms with E-state index in [4.69, 9.17) is 4.74 Å². The minimum atomic E-state index is -0.696. The van der Waals surface area contributed by atoms with E-state index in [1.807, 2.05) is 6.07 Å². The number of nitrogens with one attached hydrogen (secondary N) is 1. The molecule has 0 bridgehead atoms. The molecule has 18 heavy (non-hydrogen) atoms. The largest absolute Gasteiger partial charge is 0.496 e. The maximum absolute atomic E-state index is 12.2. The van der Waals surface area contributed by atoms with Gasteiger partial charge in [-0.05, 0) is 37.8 Å². The molecule has 94 valence electrons. The molecule has 4 heteroatoms. The van der Waals surface area contributed by atoms with E-state index in [0.717, 1.165) is 25.7 Å². The molecule has 1 amide bonds. The van der Waals surface area contributed by atoms with Crippen LogP contribution in [0.15, 0.2) is 24.3 Å². The Hall–Kier alpha value is -2.02. The number of amides is 1. The predicted molar refractivity (Wildman–Crippen MR) is 67.3 cm³/mol. The number of rotatable bonds is 3. The van der Waals surface area contributed by atoms with E-state index < -0.39 is 5.54 Å². The van der Waals surface area contributed by atoms with Crippen LogP contribution in [0.25, 0.3) is 0 Å². The normalized spacial score (nSPS) is 16.9. The fourth-order valence-electron chi connectivity index (χ4n) is 2.36. The van der Waals surface area contributed by atoms with Crippen molar-refractivity contribution < 1.29 is 9.53 Å². The van der Waals surface area contributed by atoms with Crippen LogP contribution >= 0.6 is 0 Å². The van der Waals surface area contributed by atoms with Crippen molar-refractivity contribution in [3.63, 3.8) is 0 Å². The Morgan fingerprint density at radius 1 is 1.39 bits per heavy atom. The van der Waals surface area contributed by atoms with Crippen LogP contribution in [0.2, 0.25) is 0 Å². The van der Waals surface area contributed by atoms with Crippen LogP contribution < -0.4 is 10.1 Å². The van der Waals surface area contributed by atoms with Crippen molar-refractivity contribution in [1.82, 2.24) is 5.32 Å². The van der Waals surface area contributed by atoms with Crippen LogP contribution in [0.4, 0.5) is 0 Å². The Labute approximate surface area is 107 Å². The number of benzene rings is 1. The summed E-state index contributed by atoms with van der Waals surface area (Å²) >= 11 is 0. The maximum atomic E-state index is 12.2. The summed E-state index contributed by atoms with van der Waals surface area (Å²) in [6.07, 6.45) is 3.42. The van der Waals surface area contributed by atoms with E-state index >= 15 is 0 Å². The van der Waals surface area contributed by atoms with Gasteiger partial charge in [-0.25, -0.2) is 0 Å². The number of carbonyl (C=O) groups is 1. The Morgan fingerprint density at radius 3 is 2.67 bits per heavy atom. The molecule has 1 N–H and O–H groups in total. The molecular formula is C14H16N2O2. The third-order valence-electron chi connectivity index (χ3n) is 3.38. The number of para-hydroxylation sites is 1. The highest BCUT2D eigenvalue weighted by molar-refractivity contribution is 5.97. The van der Waals surface area contributed by atoms with Gasteiger partial charge in [-0.1, -0.05) is 12.1 Å². The van der Waals surface area contributed by atoms with E-state index in [-0.39, 0.29) is 5.91 Å². The quantitative estimate of drug-likeness (QED) is 0.887. The zero-order valence-corrected chi connectivity index (χ0v) is 10.4. The van der Waals surface area contributed by atoms with Gasteiger partial charge in [0.2, 0.25) is 0 Å². The molecule has 0 aromatic heterocycles. The van der Waals surface area contributed by atoms with E-state index in [2.05, 4.69) is 11.4 Å². The second-order valence-electron chi connectivity index (χ2n) is 4.56. The zero-order valence-electron chi connectivity index (χ0n) is 10.4. The summed E-state index contributed by atoms with van der Waals surface area (Å²) in [5, 5.41) is 12.1.